The number of hydrogen-bond acceptors (Lipinski definition) is 10. The number of rotatable bonds is 7. The van der Waals surface area contributed by atoms with E-state index in [9.17, 15) is 22.8 Å². The first-order valence-electron chi connectivity index (χ1n) is 13.8. The lowest BCUT2D eigenvalue weighted by atomic mass is 9.99. The fraction of sp³-hybridized carbons (Fsp3) is 0.429. The van der Waals surface area contributed by atoms with Gasteiger partial charge in [0.15, 0.2) is 5.69 Å². The topological polar surface area (TPSA) is 131 Å². The number of nitrogens with zero attached hydrogens (tertiary/aromatic N) is 5. The Morgan fingerprint density at radius 1 is 1.14 bits per heavy atom. The molecule has 2 bridgehead atoms. The molecule has 0 aliphatic carbocycles. The maximum Gasteiger partial charge on any atom is 0.434 e. The predicted octanol–water partition coefficient (Wildman–Crippen LogP) is 4.73. The fourth-order valence-corrected chi connectivity index (χ4v) is 6.55. The monoisotopic (exact) mass is 615 g/mol. The molecule has 3 atom stereocenters. The molecule has 3 aliphatic heterocycles. The summed E-state index contributed by atoms with van der Waals surface area (Å²) in [7, 11) is 2.12. The number of carbonyl (C=O) groups excluding carboxylic acids is 2. The number of hydrogen-bond donors (Lipinski definition) is 2. The van der Waals surface area contributed by atoms with Gasteiger partial charge in [0.2, 0.25) is 11.8 Å². The summed E-state index contributed by atoms with van der Waals surface area (Å²) in [5, 5.41) is 6.18. The molecule has 3 aromatic rings. The largest absolute Gasteiger partial charge is 0.474 e. The van der Waals surface area contributed by atoms with Crippen LogP contribution in [0.15, 0.2) is 34.9 Å². The number of nitrogens with one attached hydrogen (secondary N) is 2. The molecule has 1 unspecified atom stereocenters. The van der Waals surface area contributed by atoms with Crippen molar-refractivity contribution < 1.29 is 32.2 Å². The van der Waals surface area contributed by atoms with Gasteiger partial charge in [-0.2, -0.15) is 13.2 Å². The van der Waals surface area contributed by atoms with E-state index in [1.54, 1.807) is 13.0 Å². The van der Waals surface area contributed by atoms with Crippen molar-refractivity contribution in [1.29, 1.82) is 0 Å². The van der Waals surface area contributed by atoms with E-state index in [0.717, 1.165) is 42.4 Å². The summed E-state index contributed by atoms with van der Waals surface area (Å²) in [6.07, 6.45) is 1.95. The average molecular weight is 616 g/mol. The first-order chi connectivity index (χ1) is 20.6. The third kappa shape index (κ3) is 6.04. The Kier molecular flexibility index (Phi) is 7.77. The molecule has 2 saturated heterocycles. The van der Waals surface area contributed by atoms with Crippen molar-refractivity contribution >= 4 is 35.1 Å². The van der Waals surface area contributed by atoms with Crippen LogP contribution in [0.1, 0.15) is 43.9 Å². The number of halogens is 3. The maximum absolute atomic E-state index is 13.5. The minimum atomic E-state index is -4.64. The summed E-state index contributed by atoms with van der Waals surface area (Å²) in [6.45, 7) is 1.98. The Hall–Kier alpha value is -4.11. The summed E-state index contributed by atoms with van der Waals surface area (Å²) < 4.78 is 52.3. The summed E-state index contributed by atoms with van der Waals surface area (Å²) >= 11 is 0.810. The molecule has 0 spiro atoms. The molecule has 15 heteroatoms. The molecular formula is C28H28F3N7O4S. The van der Waals surface area contributed by atoms with Crippen LogP contribution in [0.5, 0.6) is 5.88 Å². The number of ether oxygens (including phenoxy) is 2. The highest BCUT2D eigenvalue weighted by Crippen LogP contribution is 2.42. The van der Waals surface area contributed by atoms with Gasteiger partial charge >= 0.3 is 18.2 Å². The van der Waals surface area contributed by atoms with Crippen LogP contribution in [0.3, 0.4) is 0 Å². The smallest absolute Gasteiger partial charge is 0.434 e. The van der Waals surface area contributed by atoms with Gasteiger partial charge in [-0.1, -0.05) is 0 Å². The van der Waals surface area contributed by atoms with Gasteiger partial charge in [-0.3, -0.25) is 5.32 Å². The molecule has 2 amide bonds. The molecule has 6 heterocycles. The Bertz CT molecular complexity index is 1580. The van der Waals surface area contributed by atoms with Gasteiger partial charge in [0, 0.05) is 53.1 Å². The molecule has 3 aliphatic rings. The second-order valence-corrected chi connectivity index (χ2v) is 11.4. The molecule has 0 saturated carbocycles. The molecule has 0 aromatic carbocycles. The molecule has 2 fully saturated rings. The van der Waals surface area contributed by atoms with Gasteiger partial charge < -0.3 is 19.7 Å². The third-order valence-corrected chi connectivity index (χ3v) is 8.67. The Morgan fingerprint density at radius 3 is 2.56 bits per heavy atom. The number of aliphatic imine (C=N–C) groups is 1. The lowest BCUT2D eigenvalue weighted by molar-refractivity contribution is -0.140. The number of cyclic esters (lactones) is 1. The number of urea groups is 1. The van der Waals surface area contributed by atoms with Crippen LogP contribution >= 0.6 is 11.3 Å². The number of thiazole rings is 1. The number of amides is 2. The highest BCUT2D eigenvalue weighted by molar-refractivity contribution is 7.13. The van der Waals surface area contributed by atoms with Crippen LogP contribution in [0.25, 0.3) is 21.7 Å². The van der Waals surface area contributed by atoms with E-state index in [2.05, 4.69) is 42.5 Å². The molecule has 6 rings (SSSR count). The molecular weight excluding hydrogens is 587 g/mol. The van der Waals surface area contributed by atoms with Crippen molar-refractivity contribution in [3.8, 4) is 27.6 Å². The van der Waals surface area contributed by atoms with Gasteiger partial charge in [-0.05, 0) is 51.8 Å². The lowest BCUT2D eigenvalue weighted by Gasteiger charge is -2.36. The van der Waals surface area contributed by atoms with Crippen LogP contribution in [-0.2, 0) is 15.7 Å². The fourth-order valence-electron chi connectivity index (χ4n) is 5.69. The average Bonchev–Trinajstić information content (AvgIpc) is 3.67. The lowest BCUT2D eigenvalue weighted by Crippen LogP contribution is -2.43. The van der Waals surface area contributed by atoms with E-state index in [0.29, 0.717) is 35.3 Å². The number of pyridine rings is 2. The number of piperidine rings is 1. The standard InChI is InChI=1S/C28H28F3N7O4S/c1-3-32-27(40)37-22-9-19(26-36-21(13-43-26)28(29,30)31)20(11-33-22)18-6-14(24-35-12-23(39)42-24)10-34-25(18)41-17-7-15-4-5-16(8-17)38(15)2/h6,9-11,13,15-17H,3-5,7-8,12H2,1-2H3,(H2,32,33,37,40)/t15-,16+,17?. The van der Waals surface area contributed by atoms with Crippen molar-refractivity contribution in [2.75, 3.05) is 25.5 Å². The minimum Gasteiger partial charge on any atom is -0.474 e. The summed E-state index contributed by atoms with van der Waals surface area (Å²) in [6, 6.07) is 3.40. The van der Waals surface area contributed by atoms with Gasteiger partial charge in [-0.15, -0.1) is 11.3 Å². The number of fused-ring (bicyclic) bond motifs is 2. The molecule has 0 radical (unpaired) electrons. The van der Waals surface area contributed by atoms with Crippen molar-refractivity contribution in [3.63, 3.8) is 0 Å². The van der Waals surface area contributed by atoms with Crippen molar-refractivity contribution in [2.45, 2.75) is 57.0 Å². The van der Waals surface area contributed by atoms with E-state index in [1.165, 1.54) is 18.5 Å². The van der Waals surface area contributed by atoms with E-state index < -0.39 is 23.9 Å². The first-order valence-corrected chi connectivity index (χ1v) is 14.7. The van der Waals surface area contributed by atoms with Crippen molar-refractivity contribution in [3.05, 3.63) is 41.2 Å². The van der Waals surface area contributed by atoms with Gasteiger partial charge in [0.05, 0.1) is 5.56 Å². The van der Waals surface area contributed by atoms with Crippen molar-refractivity contribution in [1.82, 2.24) is 25.2 Å². The van der Waals surface area contributed by atoms with E-state index in [-0.39, 0.29) is 40.8 Å². The second kappa shape index (κ2) is 11.5. The quantitative estimate of drug-likeness (QED) is 0.365. The predicted molar refractivity (Wildman–Crippen MR) is 152 cm³/mol. The Labute approximate surface area is 248 Å². The number of carbonyl (C=O) groups is 2. The zero-order valence-corrected chi connectivity index (χ0v) is 24.1. The summed E-state index contributed by atoms with van der Waals surface area (Å²) in [5.74, 6) is -0.0618. The summed E-state index contributed by atoms with van der Waals surface area (Å²) in [5.41, 5.74) is 0.410. The second-order valence-electron chi connectivity index (χ2n) is 10.6. The minimum absolute atomic E-state index is 0.0574. The number of anilines is 1. The van der Waals surface area contributed by atoms with Crippen LogP contribution in [-0.4, -0.2) is 76.1 Å². The van der Waals surface area contributed by atoms with Crippen LogP contribution in [0.2, 0.25) is 0 Å². The highest BCUT2D eigenvalue weighted by Gasteiger charge is 2.40. The molecule has 2 N–H and O–H groups in total. The molecule has 11 nitrogen and oxygen atoms in total. The maximum atomic E-state index is 13.5. The summed E-state index contributed by atoms with van der Waals surface area (Å²) in [4.78, 5) is 43.3. The highest BCUT2D eigenvalue weighted by atomic mass is 32.1. The van der Waals surface area contributed by atoms with Crippen LogP contribution in [0, 0.1) is 0 Å². The van der Waals surface area contributed by atoms with Gasteiger partial charge in [-0.25, -0.2) is 29.5 Å². The SMILES string of the molecule is CCNC(=O)Nc1cc(-c2nc(C(F)(F)F)cs2)c(-c2cc(C3=NCC(=O)O3)cnc2OC2C[C@H]3CC[C@@H](C2)N3C)cn1. The Balaban J connectivity index is 1.45. The van der Waals surface area contributed by atoms with Gasteiger partial charge in [0.1, 0.15) is 23.5 Å². The van der Waals surface area contributed by atoms with Gasteiger partial charge in [0.25, 0.3) is 0 Å². The molecule has 43 heavy (non-hydrogen) atoms. The van der Waals surface area contributed by atoms with E-state index in [1.807, 2.05) is 0 Å². The first kappa shape index (κ1) is 29.0. The number of aromatic nitrogens is 3. The third-order valence-electron chi connectivity index (χ3n) is 7.79. The van der Waals surface area contributed by atoms with Crippen molar-refractivity contribution in [2.24, 2.45) is 4.99 Å². The van der Waals surface area contributed by atoms with E-state index >= 15 is 0 Å². The van der Waals surface area contributed by atoms with Crippen LogP contribution in [0.4, 0.5) is 23.8 Å². The number of alkyl halides is 3. The van der Waals surface area contributed by atoms with Crippen LogP contribution < -0.4 is 15.4 Å². The number of esters is 1. The zero-order chi connectivity index (χ0) is 30.3. The molecule has 226 valence electrons. The van der Waals surface area contributed by atoms with E-state index in [4.69, 9.17) is 9.47 Å². The Morgan fingerprint density at radius 2 is 1.91 bits per heavy atom. The normalized spacial score (nSPS) is 21.8. The zero-order valence-electron chi connectivity index (χ0n) is 23.3. The molecule has 3 aromatic heterocycles.